The van der Waals surface area contributed by atoms with Crippen LogP contribution in [0.5, 0.6) is 0 Å². The van der Waals surface area contributed by atoms with Crippen molar-refractivity contribution in [3.63, 3.8) is 0 Å². The number of ether oxygens (including phenoxy) is 2. The second-order valence-electron chi connectivity index (χ2n) is 14.2. The van der Waals surface area contributed by atoms with Gasteiger partial charge in [0.1, 0.15) is 12.2 Å². The number of fused-ring (bicyclic) bond motifs is 8. The number of anilines is 1. The van der Waals surface area contributed by atoms with E-state index in [2.05, 4.69) is 13.8 Å². The lowest BCUT2D eigenvalue weighted by Crippen LogP contribution is -2.63. The molecular formula is C37H39NO7. The van der Waals surface area contributed by atoms with Gasteiger partial charge in [-0.3, -0.25) is 9.59 Å². The fourth-order valence-corrected chi connectivity index (χ4v) is 10.1. The highest BCUT2D eigenvalue weighted by Gasteiger charge is 2.75. The standard InChI is InChI=1S/C37H39NO7/c1-35-13-11-24(40)16-23(35)8-9-25-27-17-31-37(30(42)19-39,36(27,2)18-29(41)32(25)35)45-34(44-31)21-5-3-20(4-6-21)15-22-7-10-28(38)26-12-14-43-33(22)26/h3-7,10-14,16,25,27,29,31-32,34,39,41H,8-9,15,17-19,38H2,1-2H3/t25-,27-,29-,31+,32+,34+,35-,36-,37+/m0/s1. The van der Waals surface area contributed by atoms with Gasteiger partial charge in [-0.2, -0.15) is 0 Å². The smallest absolute Gasteiger partial charge is 0.193 e. The molecule has 1 aromatic heterocycles. The maximum Gasteiger partial charge on any atom is 0.193 e. The van der Waals surface area contributed by atoms with Gasteiger partial charge >= 0.3 is 0 Å². The second-order valence-corrected chi connectivity index (χ2v) is 14.2. The summed E-state index contributed by atoms with van der Waals surface area (Å²) in [6.07, 6.45) is 8.19. The minimum Gasteiger partial charge on any atom is -0.464 e. The van der Waals surface area contributed by atoms with Crippen LogP contribution >= 0.6 is 0 Å². The lowest BCUT2D eigenvalue weighted by molar-refractivity contribution is -0.201. The van der Waals surface area contributed by atoms with Crippen LogP contribution in [0.4, 0.5) is 5.69 Å². The Bertz CT molecular complexity index is 1770. The summed E-state index contributed by atoms with van der Waals surface area (Å²) in [5, 5.41) is 23.0. The van der Waals surface area contributed by atoms with Gasteiger partial charge < -0.3 is 29.8 Å². The first-order valence-electron chi connectivity index (χ1n) is 16.0. The molecule has 0 bridgehead atoms. The Balaban J connectivity index is 1.08. The van der Waals surface area contributed by atoms with E-state index in [1.54, 1.807) is 18.4 Å². The lowest BCUT2D eigenvalue weighted by atomic mass is 9.46. The number of furan rings is 1. The van der Waals surface area contributed by atoms with Crippen LogP contribution in [-0.2, 0) is 25.5 Å². The van der Waals surface area contributed by atoms with Crippen LogP contribution in [-0.4, -0.2) is 46.2 Å². The highest BCUT2D eigenvalue weighted by Crippen LogP contribution is 2.70. The number of allylic oxidation sites excluding steroid dienone is 4. The van der Waals surface area contributed by atoms with Gasteiger partial charge in [-0.1, -0.05) is 55.8 Å². The fourth-order valence-electron chi connectivity index (χ4n) is 10.1. The number of aliphatic hydroxyl groups excluding tert-OH is 2. The van der Waals surface area contributed by atoms with Crippen molar-refractivity contribution in [2.24, 2.45) is 28.6 Å². The molecule has 1 aliphatic heterocycles. The van der Waals surface area contributed by atoms with Crippen LogP contribution in [0.2, 0.25) is 0 Å². The third kappa shape index (κ3) is 3.92. The molecule has 0 unspecified atom stereocenters. The van der Waals surface area contributed by atoms with E-state index < -0.39 is 41.5 Å². The SMILES string of the molecule is C[C@]12C=CC(=O)C=C1CC[C@@H]1[C@@H]2[C@@H](O)C[C@@]2(C)[C@H]1C[C@H]1O[C@@H](c3ccc(Cc4ccc(N)c5ccoc45)cc3)O[C@]12C(=O)CO. The third-order valence-electron chi connectivity index (χ3n) is 12.2. The molecule has 0 amide bonds. The average Bonchev–Trinajstić information content (AvgIpc) is 3.73. The molecule has 4 fully saturated rings. The van der Waals surface area contributed by atoms with E-state index in [9.17, 15) is 19.8 Å². The molecule has 8 nitrogen and oxygen atoms in total. The molecule has 8 heteroatoms. The molecule has 0 radical (unpaired) electrons. The average molecular weight is 610 g/mol. The molecule has 9 atom stereocenters. The predicted octanol–water partition coefficient (Wildman–Crippen LogP) is 5.21. The molecular weight excluding hydrogens is 570 g/mol. The summed E-state index contributed by atoms with van der Waals surface area (Å²) in [6, 6.07) is 13.7. The summed E-state index contributed by atoms with van der Waals surface area (Å²) in [5.74, 6) is -0.297. The minimum absolute atomic E-state index is 0.0000871. The molecule has 8 rings (SSSR count). The number of hydrogen-bond acceptors (Lipinski definition) is 8. The minimum atomic E-state index is -1.37. The van der Waals surface area contributed by atoms with Crippen molar-refractivity contribution in [1.82, 2.24) is 0 Å². The predicted molar refractivity (Wildman–Crippen MR) is 167 cm³/mol. The zero-order valence-corrected chi connectivity index (χ0v) is 25.6. The molecule has 4 aliphatic carbocycles. The number of benzene rings is 2. The highest BCUT2D eigenvalue weighted by atomic mass is 16.7. The topological polar surface area (TPSA) is 132 Å². The van der Waals surface area contributed by atoms with E-state index in [1.807, 2.05) is 48.5 Å². The molecule has 3 aromatic rings. The van der Waals surface area contributed by atoms with Gasteiger partial charge in [0.25, 0.3) is 0 Å². The van der Waals surface area contributed by atoms with Crippen molar-refractivity contribution in [2.45, 2.75) is 70.1 Å². The van der Waals surface area contributed by atoms with E-state index in [-0.39, 0.29) is 29.3 Å². The van der Waals surface area contributed by atoms with Gasteiger partial charge in [-0.25, -0.2) is 0 Å². The molecule has 5 aliphatic rings. The van der Waals surface area contributed by atoms with E-state index in [1.165, 1.54) is 0 Å². The van der Waals surface area contributed by atoms with Gasteiger partial charge in [0.2, 0.25) is 0 Å². The van der Waals surface area contributed by atoms with E-state index in [0.29, 0.717) is 24.9 Å². The number of nitrogens with two attached hydrogens (primary N) is 1. The molecule has 2 aromatic carbocycles. The van der Waals surface area contributed by atoms with Crippen molar-refractivity contribution >= 4 is 28.2 Å². The first-order valence-corrected chi connectivity index (χ1v) is 16.0. The number of aliphatic hydroxyl groups is 2. The van der Waals surface area contributed by atoms with Crippen molar-refractivity contribution in [3.05, 3.63) is 89.2 Å². The summed E-state index contributed by atoms with van der Waals surface area (Å²) in [7, 11) is 0. The van der Waals surface area contributed by atoms with Crippen molar-refractivity contribution in [1.29, 1.82) is 0 Å². The normalized spacial score (nSPS) is 38.4. The van der Waals surface area contributed by atoms with E-state index in [0.717, 1.165) is 46.1 Å². The van der Waals surface area contributed by atoms with Gasteiger partial charge in [0.15, 0.2) is 23.5 Å². The van der Waals surface area contributed by atoms with Crippen LogP contribution in [0.15, 0.2) is 76.9 Å². The maximum absolute atomic E-state index is 13.8. The number of rotatable bonds is 5. The summed E-state index contributed by atoms with van der Waals surface area (Å²) < 4.78 is 19.0. The summed E-state index contributed by atoms with van der Waals surface area (Å²) in [4.78, 5) is 26.0. The zero-order chi connectivity index (χ0) is 31.3. The number of nitrogen functional groups attached to an aromatic ring is 1. The van der Waals surface area contributed by atoms with Crippen molar-refractivity contribution in [2.75, 3.05) is 12.3 Å². The Hall–Kier alpha value is -3.56. The molecule has 234 valence electrons. The van der Waals surface area contributed by atoms with Crippen molar-refractivity contribution in [3.8, 4) is 0 Å². The molecule has 3 saturated carbocycles. The second kappa shape index (κ2) is 9.97. The fraction of sp³-hybridized carbons (Fsp3) is 0.459. The molecule has 45 heavy (non-hydrogen) atoms. The number of Topliss-reactive ketones (excluding diaryl/α,β-unsaturated/α-hetero) is 1. The first-order chi connectivity index (χ1) is 21.6. The monoisotopic (exact) mass is 609 g/mol. The largest absolute Gasteiger partial charge is 0.464 e. The van der Waals surface area contributed by atoms with Crippen LogP contribution in [0.3, 0.4) is 0 Å². The molecule has 2 heterocycles. The Morgan fingerprint density at radius 1 is 1.11 bits per heavy atom. The summed E-state index contributed by atoms with van der Waals surface area (Å²) in [5.41, 5.74) is 9.05. The maximum atomic E-state index is 13.8. The quantitative estimate of drug-likeness (QED) is 0.336. The Morgan fingerprint density at radius 2 is 1.91 bits per heavy atom. The number of hydrogen-bond donors (Lipinski definition) is 3. The highest BCUT2D eigenvalue weighted by molar-refractivity contribution is 6.01. The summed E-state index contributed by atoms with van der Waals surface area (Å²) in [6.45, 7) is 3.53. The zero-order valence-electron chi connectivity index (χ0n) is 25.6. The molecule has 1 saturated heterocycles. The van der Waals surface area contributed by atoms with Gasteiger partial charge in [0.05, 0.1) is 18.5 Å². The van der Waals surface area contributed by atoms with Gasteiger partial charge in [0, 0.05) is 39.8 Å². The summed E-state index contributed by atoms with van der Waals surface area (Å²) >= 11 is 0. The van der Waals surface area contributed by atoms with Crippen LogP contribution in [0.25, 0.3) is 11.0 Å². The first kappa shape index (κ1) is 28.9. The lowest BCUT2D eigenvalue weighted by Gasteiger charge is -2.59. The number of carbonyl (C=O) groups excluding carboxylic acids is 2. The Labute approximate surface area is 261 Å². The van der Waals surface area contributed by atoms with Crippen LogP contribution in [0.1, 0.15) is 62.5 Å². The van der Waals surface area contributed by atoms with Crippen molar-refractivity contribution < 1.29 is 33.7 Å². The van der Waals surface area contributed by atoms with Crippen LogP contribution < -0.4 is 5.73 Å². The number of ketones is 2. The van der Waals surface area contributed by atoms with E-state index >= 15 is 0 Å². The third-order valence-corrected chi connectivity index (χ3v) is 12.2. The van der Waals surface area contributed by atoms with Gasteiger partial charge in [-0.15, -0.1) is 0 Å². The Morgan fingerprint density at radius 3 is 2.69 bits per heavy atom. The van der Waals surface area contributed by atoms with Gasteiger partial charge in [-0.05, 0) is 72.9 Å². The molecule has 4 N–H and O–H groups in total. The molecule has 0 spiro atoms. The van der Waals surface area contributed by atoms with E-state index in [4.69, 9.17) is 19.6 Å². The van der Waals surface area contributed by atoms with Crippen LogP contribution in [0, 0.1) is 28.6 Å². The number of carbonyl (C=O) groups is 2. The Kier molecular flexibility index (Phi) is 6.40.